The summed E-state index contributed by atoms with van der Waals surface area (Å²) in [5, 5.41) is 1.08. The van der Waals surface area contributed by atoms with E-state index in [2.05, 4.69) is 9.71 Å². The molecular formula is C18H20N2O3S. The zero-order chi connectivity index (χ0) is 17.0. The van der Waals surface area contributed by atoms with Crippen LogP contribution in [0.3, 0.4) is 0 Å². The van der Waals surface area contributed by atoms with E-state index < -0.39 is 10.0 Å². The minimum atomic E-state index is -3.15. The van der Waals surface area contributed by atoms with Crippen molar-refractivity contribution < 1.29 is 13.2 Å². The van der Waals surface area contributed by atoms with E-state index >= 15 is 0 Å². The number of hydrogen-bond donors (Lipinski definition) is 2. The first-order valence-electron chi connectivity index (χ1n) is 7.73. The number of fused-ring (bicyclic) bond motifs is 1. The molecule has 24 heavy (non-hydrogen) atoms. The van der Waals surface area contributed by atoms with E-state index in [9.17, 15) is 8.42 Å². The maximum Gasteiger partial charge on any atom is 0.208 e. The summed E-state index contributed by atoms with van der Waals surface area (Å²) in [6.07, 6.45) is 3.71. The minimum absolute atomic E-state index is 0.387. The number of rotatable bonds is 7. The van der Waals surface area contributed by atoms with Gasteiger partial charge in [-0.1, -0.05) is 30.3 Å². The molecule has 0 unspecified atom stereocenters. The van der Waals surface area contributed by atoms with Crippen LogP contribution < -0.4 is 9.46 Å². The highest BCUT2D eigenvalue weighted by Crippen LogP contribution is 2.24. The molecule has 2 aromatic carbocycles. The summed E-state index contributed by atoms with van der Waals surface area (Å²) < 4.78 is 30.6. The van der Waals surface area contributed by atoms with Gasteiger partial charge in [0.2, 0.25) is 10.0 Å². The second kappa shape index (κ2) is 7.07. The van der Waals surface area contributed by atoms with E-state index in [1.165, 1.54) is 6.26 Å². The third kappa shape index (κ3) is 4.37. The third-order valence-electron chi connectivity index (χ3n) is 3.75. The van der Waals surface area contributed by atoms with Crippen molar-refractivity contribution in [1.82, 2.24) is 9.71 Å². The van der Waals surface area contributed by atoms with E-state index in [4.69, 9.17) is 4.74 Å². The van der Waals surface area contributed by atoms with Crippen molar-refractivity contribution >= 4 is 20.9 Å². The van der Waals surface area contributed by atoms with Crippen molar-refractivity contribution in [2.45, 2.75) is 13.0 Å². The average molecular weight is 344 g/mol. The fourth-order valence-corrected chi connectivity index (χ4v) is 3.05. The van der Waals surface area contributed by atoms with Crippen LogP contribution >= 0.6 is 0 Å². The quantitative estimate of drug-likeness (QED) is 0.692. The Morgan fingerprint density at radius 3 is 2.67 bits per heavy atom. The van der Waals surface area contributed by atoms with E-state index in [0.29, 0.717) is 19.6 Å². The molecular weight excluding hydrogens is 324 g/mol. The molecule has 3 rings (SSSR count). The van der Waals surface area contributed by atoms with Crippen LogP contribution in [0.25, 0.3) is 10.9 Å². The van der Waals surface area contributed by atoms with Gasteiger partial charge in [0.25, 0.3) is 0 Å². The molecule has 3 aromatic rings. The maximum atomic E-state index is 11.1. The number of aromatic amines is 1. The predicted molar refractivity (Wildman–Crippen MR) is 95.6 cm³/mol. The Morgan fingerprint density at radius 2 is 1.92 bits per heavy atom. The van der Waals surface area contributed by atoms with Crippen molar-refractivity contribution in [3.63, 3.8) is 0 Å². The Kier molecular flexibility index (Phi) is 4.87. The van der Waals surface area contributed by atoms with Crippen LogP contribution in [-0.4, -0.2) is 26.2 Å². The first-order valence-corrected chi connectivity index (χ1v) is 9.62. The lowest BCUT2D eigenvalue weighted by molar-refractivity contribution is 0.306. The van der Waals surface area contributed by atoms with E-state index in [1.54, 1.807) is 0 Å². The molecule has 0 saturated heterocycles. The zero-order valence-electron chi connectivity index (χ0n) is 13.5. The number of ether oxygens (including phenoxy) is 1. The molecule has 0 bridgehead atoms. The van der Waals surface area contributed by atoms with Gasteiger partial charge in [0.15, 0.2) is 0 Å². The number of benzene rings is 2. The molecule has 0 atom stereocenters. The molecule has 1 heterocycles. The molecule has 0 fully saturated rings. The Morgan fingerprint density at radius 1 is 1.12 bits per heavy atom. The van der Waals surface area contributed by atoms with Gasteiger partial charge in [0, 0.05) is 29.7 Å². The SMILES string of the molecule is CS(=O)(=O)NCCc1c[nH]c2cc(OCc3ccccc3)ccc12. The normalized spacial score (nSPS) is 11.7. The zero-order valence-corrected chi connectivity index (χ0v) is 14.3. The fourth-order valence-electron chi connectivity index (χ4n) is 2.57. The number of nitrogens with one attached hydrogen (secondary N) is 2. The molecule has 0 amide bonds. The summed E-state index contributed by atoms with van der Waals surface area (Å²) in [4.78, 5) is 3.22. The average Bonchev–Trinajstić information content (AvgIpc) is 2.95. The molecule has 0 saturated carbocycles. The van der Waals surface area contributed by atoms with Gasteiger partial charge >= 0.3 is 0 Å². The molecule has 0 spiro atoms. The maximum absolute atomic E-state index is 11.1. The molecule has 126 valence electrons. The highest BCUT2D eigenvalue weighted by molar-refractivity contribution is 7.88. The highest BCUT2D eigenvalue weighted by atomic mass is 32.2. The standard InChI is InChI=1S/C18H20N2O3S/c1-24(21,22)20-10-9-15-12-19-18-11-16(7-8-17(15)18)23-13-14-5-3-2-4-6-14/h2-8,11-12,19-20H,9-10,13H2,1H3. The largest absolute Gasteiger partial charge is 0.489 e. The predicted octanol–water partition coefficient (Wildman–Crippen LogP) is 2.84. The topological polar surface area (TPSA) is 71.2 Å². The smallest absolute Gasteiger partial charge is 0.208 e. The Labute approximate surface area is 141 Å². The van der Waals surface area contributed by atoms with Crippen molar-refractivity contribution in [3.8, 4) is 5.75 Å². The minimum Gasteiger partial charge on any atom is -0.489 e. The Balaban J connectivity index is 1.66. The van der Waals surface area contributed by atoms with Crippen molar-refractivity contribution in [2.75, 3.05) is 12.8 Å². The van der Waals surface area contributed by atoms with Crippen LogP contribution in [0.5, 0.6) is 5.75 Å². The van der Waals surface area contributed by atoms with Gasteiger partial charge in [-0.05, 0) is 29.7 Å². The molecule has 6 heteroatoms. The second-order valence-electron chi connectivity index (χ2n) is 5.71. The van der Waals surface area contributed by atoms with Gasteiger partial charge < -0.3 is 9.72 Å². The van der Waals surface area contributed by atoms with Crippen LogP contribution in [0.15, 0.2) is 54.7 Å². The van der Waals surface area contributed by atoms with Crippen LogP contribution in [0.2, 0.25) is 0 Å². The first kappa shape index (κ1) is 16.5. The molecule has 0 radical (unpaired) electrons. The Hall–Kier alpha value is -2.31. The van der Waals surface area contributed by atoms with Crippen molar-refractivity contribution in [3.05, 3.63) is 65.9 Å². The van der Waals surface area contributed by atoms with Gasteiger partial charge in [0.1, 0.15) is 12.4 Å². The summed E-state index contributed by atoms with van der Waals surface area (Å²) >= 11 is 0. The van der Waals surface area contributed by atoms with Gasteiger partial charge in [-0.2, -0.15) is 0 Å². The summed E-state index contributed by atoms with van der Waals surface area (Å²) in [5.41, 5.74) is 3.18. The monoisotopic (exact) mass is 344 g/mol. The Bertz CT molecular complexity index is 918. The number of aromatic nitrogens is 1. The summed E-state index contributed by atoms with van der Waals surface area (Å²) in [7, 11) is -3.15. The molecule has 2 N–H and O–H groups in total. The summed E-state index contributed by atoms with van der Waals surface area (Å²) in [6, 6.07) is 15.9. The molecule has 5 nitrogen and oxygen atoms in total. The molecule has 0 aliphatic heterocycles. The van der Waals surface area contributed by atoms with Gasteiger partial charge in [0.05, 0.1) is 6.26 Å². The number of H-pyrrole nitrogens is 1. The van der Waals surface area contributed by atoms with Crippen LogP contribution in [-0.2, 0) is 23.1 Å². The summed E-state index contributed by atoms with van der Waals surface area (Å²) in [5.74, 6) is 0.800. The number of hydrogen-bond acceptors (Lipinski definition) is 3. The van der Waals surface area contributed by atoms with Crippen LogP contribution in [0.4, 0.5) is 0 Å². The van der Waals surface area contributed by atoms with E-state index in [1.807, 2.05) is 54.7 Å². The van der Waals surface area contributed by atoms with Gasteiger partial charge in [-0.15, -0.1) is 0 Å². The molecule has 1 aromatic heterocycles. The lowest BCUT2D eigenvalue weighted by Gasteiger charge is -2.07. The lowest BCUT2D eigenvalue weighted by atomic mass is 10.1. The van der Waals surface area contributed by atoms with E-state index in [0.717, 1.165) is 27.8 Å². The van der Waals surface area contributed by atoms with Gasteiger partial charge in [-0.3, -0.25) is 0 Å². The van der Waals surface area contributed by atoms with Crippen molar-refractivity contribution in [2.24, 2.45) is 0 Å². The third-order valence-corrected chi connectivity index (χ3v) is 4.47. The van der Waals surface area contributed by atoms with Crippen LogP contribution in [0, 0.1) is 0 Å². The molecule has 0 aliphatic carbocycles. The van der Waals surface area contributed by atoms with Crippen molar-refractivity contribution in [1.29, 1.82) is 0 Å². The molecule has 0 aliphatic rings. The second-order valence-corrected chi connectivity index (χ2v) is 7.55. The first-order chi connectivity index (χ1) is 11.5. The fraction of sp³-hybridized carbons (Fsp3) is 0.222. The van der Waals surface area contributed by atoms with E-state index in [-0.39, 0.29) is 0 Å². The summed E-state index contributed by atoms with van der Waals surface area (Å²) in [6.45, 7) is 0.913. The highest BCUT2D eigenvalue weighted by Gasteiger charge is 2.07. The van der Waals surface area contributed by atoms with Gasteiger partial charge in [-0.25, -0.2) is 13.1 Å². The lowest BCUT2D eigenvalue weighted by Crippen LogP contribution is -2.24. The number of sulfonamides is 1. The van der Waals surface area contributed by atoms with Crippen LogP contribution in [0.1, 0.15) is 11.1 Å².